The molecule has 23 heavy (non-hydrogen) atoms. The molecule has 2 rings (SSSR count). The van der Waals surface area contributed by atoms with Crippen LogP contribution >= 0.6 is 0 Å². The smallest absolute Gasteiger partial charge is 0.240 e. The van der Waals surface area contributed by atoms with E-state index in [4.69, 9.17) is 9.47 Å². The van der Waals surface area contributed by atoms with Crippen molar-refractivity contribution in [3.63, 3.8) is 0 Å². The zero-order valence-electron chi connectivity index (χ0n) is 13.3. The van der Waals surface area contributed by atoms with Gasteiger partial charge in [-0.15, -0.1) is 0 Å². The first-order chi connectivity index (χ1) is 11.0. The number of hydrogen-bond donors (Lipinski definition) is 2. The van der Waals surface area contributed by atoms with Crippen molar-refractivity contribution in [2.24, 2.45) is 0 Å². The summed E-state index contributed by atoms with van der Waals surface area (Å²) < 4.78 is 50.9. The molecular formula is C15H24FN2O4S+. The predicted octanol–water partition coefficient (Wildman–Crippen LogP) is -0.192. The minimum Gasteiger partial charge on any atom is -0.491 e. The first-order valence-electron chi connectivity index (χ1n) is 7.86. The Hall–Kier alpha value is -1.22. The highest BCUT2D eigenvalue weighted by Crippen LogP contribution is 2.21. The highest BCUT2D eigenvalue weighted by atomic mass is 32.2. The monoisotopic (exact) mass is 347 g/mol. The number of sulfonamides is 1. The SMILES string of the molecule is CCOc1cc(S(=O)(=O)NCCC[NH+]2CCOCC2)ccc1F. The molecule has 1 aromatic rings. The Morgan fingerprint density at radius 2 is 2.09 bits per heavy atom. The summed E-state index contributed by atoms with van der Waals surface area (Å²) in [6.07, 6.45) is 0.744. The van der Waals surface area contributed by atoms with E-state index in [-0.39, 0.29) is 17.3 Å². The molecule has 0 atom stereocenters. The summed E-state index contributed by atoms with van der Waals surface area (Å²) in [5.41, 5.74) is 0. The normalized spacial score (nSPS) is 16.4. The van der Waals surface area contributed by atoms with Crippen LogP contribution in [0.1, 0.15) is 13.3 Å². The van der Waals surface area contributed by atoms with Gasteiger partial charge in [0.05, 0.1) is 31.3 Å². The van der Waals surface area contributed by atoms with E-state index in [0.717, 1.165) is 45.3 Å². The van der Waals surface area contributed by atoms with E-state index in [1.807, 2.05) is 0 Å². The Kier molecular flexibility index (Phi) is 6.76. The van der Waals surface area contributed by atoms with Gasteiger partial charge >= 0.3 is 0 Å². The highest BCUT2D eigenvalue weighted by molar-refractivity contribution is 7.89. The van der Waals surface area contributed by atoms with Crippen LogP contribution in [0.4, 0.5) is 4.39 Å². The van der Waals surface area contributed by atoms with Crippen LogP contribution < -0.4 is 14.4 Å². The quantitative estimate of drug-likeness (QED) is 0.640. The third kappa shape index (κ3) is 5.42. The third-order valence-electron chi connectivity index (χ3n) is 3.71. The van der Waals surface area contributed by atoms with Crippen LogP contribution in [0.5, 0.6) is 5.75 Å². The minimum absolute atomic E-state index is 0.0149. The van der Waals surface area contributed by atoms with Gasteiger partial charge in [0, 0.05) is 19.0 Å². The van der Waals surface area contributed by atoms with Crippen molar-refractivity contribution in [1.82, 2.24) is 4.72 Å². The lowest BCUT2D eigenvalue weighted by atomic mass is 10.3. The summed E-state index contributed by atoms with van der Waals surface area (Å²) in [5.74, 6) is -0.616. The maximum absolute atomic E-state index is 13.5. The largest absolute Gasteiger partial charge is 0.491 e. The fourth-order valence-electron chi connectivity index (χ4n) is 2.46. The molecule has 0 amide bonds. The van der Waals surface area contributed by atoms with E-state index in [1.165, 1.54) is 17.0 Å². The first-order valence-corrected chi connectivity index (χ1v) is 9.34. The van der Waals surface area contributed by atoms with Crippen LogP contribution in [-0.4, -0.2) is 54.4 Å². The lowest BCUT2D eigenvalue weighted by Crippen LogP contribution is -3.14. The molecule has 0 saturated carbocycles. The number of hydrogen-bond acceptors (Lipinski definition) is 4. The topological polar surface area (TPSA) is 69.1 Å². The average Bonchev–Trinajstić information content (AvgIpc) is 2.55. The van der Waals surface area contributed by atoms with Gasteiger partial charge in [-0.2, -0.15) is 0 Å². The molecule has 1 saturated heterocycles. The Labute approximate surface area is 136 Å². The van der Waals surface area contributed by atoms with Crippen molar-refractivity contribution in [3.8, 4) is 5.75 Å². The molecule has 0 radical (unpaired) electrons. The lowest BCUT2D eigenvalue weighted by molar-refractivity contribution is -0.908. The third-order valence-corrected chi connectivity index (χ3v) is 5.17. The molecule has 1 aromatic carbocycles. The average molecular weight is 347 g/mol. The van der Waals surface area contributed by atoms with E-state index in [0.29, 0.717) is 6.54 Å². The molecule has 0 bridgehead atoms. The molecule has 0 aliphatic carbocycles. The van der Waals surface area contributed by atoms with E-state index < -0.39 is 15.8 Å². The molecule has 6 nitrogen and oxygen atoms in total. The molecule has 8 heteroatoms. The molecule has 0 unspecified atom stereocenters. The Balaban J connectivity index is 1.87. The molecule has 1 heterocycles. The second kappa shape index (κ2) is 8.58. The van der Waals surface area contributed by atoms with Gasteiger partial charge in [-0.3, -0.25) is 0 Å². The number of benzene rings is 1. The molecule has 1 aliphatic rings. The van der Waals surface area contributed by atoms with Crippen LogP contribution in [0.25, 0.3) is 0 Å². The van der Waals surface area contributed by atoms with E-state index >= 15 is 0 Å². The molecular weight excluding hydrogens is 323 g/mol. The van der Waals surface area contributed by atoms with Crippen molar-refractivity contribution in [3.05, 3.63) is 24.0 Å². The van der Waals surface area contributed by atoms with Crippen molar-refractivity contribution in [1.29, 1.82) is 0 Å². The summed E-state index contributed by atoms with van der Waals surface area (Å²) in [5, 5.41) is 0. The number of halogens is 1. The summed E-state index contributed by atoms with van der Waals surface area (Å²) in [6, 6.07) is 3.57. The fourth-order valence-corrected chi connectivity index (χ4v) is 3.54. The number of rotatable bonds is 8. The summed E-state index contributed by atoms with van der Waals surface area (Å²) >= 11 is 0. The Morgan fingerprint density at radius 1 is 1.35 bits per heavy atom. The second-order valence-electron chi connectivity index (χ2n) is 5.39. The molecule has 130 valence electrons. The van der Waals surface area contributed by atoms with Crippen molar-refractivity contribution >= 4 is 10.0 Å². The van der Waals surface area contributed by atoms with Gasteiger partial charge < -0.3 is 14.4 Å². The van der Waals surface area contributed by atoms with E-state index in [2.05, 4.69) is 4.72 Å². The standard InChI is InChI=1S/C15H23FN2O4S/c1-2-22-15-12-13(4-5-14(15)16)23(19,20)17-6-3-7-18-8-10-21-11-9-18/h4-5,12,17H,2-3,6-11H2,1H3/p+1. The number of quaternary nitrogens is 1. The van der Waals surface area contributed by atoms with Gasteiger partial charge in [-0.25, -0.2) is 17.5 Å². The summed E-state index contributed by atoms with van der Waals surface area (Å²) in [7, 11) is -3.65. The molecule has 1 fully saturated rings. The molecule has 2 N–H and O–H groups in total. The molecule has 0 spiro atoms. The van der Waals surface area contributed by atoms with Gasteiger partial charge in [-0.1, -0.05) is 0 Å². The second-order valence-corrected chi connectivity index (χ2v) is 7.16. The van der Waals surface area contributed by atoms with Crippen molar-refractivity contribution in [2.45, 2.75) is 18.2 Å². The Bertz CT molecular complexity index is 603. The van der Waals surface area contributed by atoms with Crippen LogP contribution in [0.15, 0.2) is 23.1 Å². The van der Waals surface area contributed by atoms with Crippen LogP contribution in [-0.2, 0) is 14.8 Å². The van der Waals surface area contributed by atoms with Gasteiger partial charge in [0.15, 0.2) is 11.6 Å². The zero-order valence-corrected chi connectivity index (χ0v) is 14.1. The summed E-state index contributed by atoms with van der Waals surface area (Å²) in [6.45, 7) is 6.69. The summed E-state index contributed by atoms with van der Waals surface area (Å²) in [4.78, 5) is 1.44. The van der Waals surface area contributed by atoms with E-state index in [1.54, 1.807) is 6.92 Å². The minimum atomic E-state index is -3.65. The van der Waals surface area contributed by atoms with E-state index in [9.17, 15) is 12.8 Å². The van der Waals surface area contributed by atoms with Crippen LogP contribution in [0.3, 0.4) is 0 Å². The number of ether oxygens (including phenoxy) is 2. The Morgan fingerprint density at radius 3 is 2.78 bits per heavy atom. The number of nitrogens with one attached hydrogen (secondary N) is 2. The fraction of sp³-hybridized carbons (Fsp3) is 0.600. The molecule has 1 aliphatic heterocycles. The lowest BCUT2D eigenvalue weighted by Gasteiger charge is -2.23. The van der Waals surface area contributed by atoms with Crippen LogP contribution in [0.2, 0.25) is 0 Å². The maximum atomic E-state index is 13.5. The van der Waals surface area contributed by atoms with Gasteiger partial charge in [-0.05, 0) is 19.1 Å². The predicted molar refractivity (Wildman–Crippen MR) is 83.8 cm³/mol. The maximum Gasteiger partial charge on any atom is 0.240 e. The molecule has 0 aromatic heterocycles. The first kappa shape index (κ1) is 18.1. The highest BCUT2D eigenvalue weighted by Gasteiger charge is 2.17. The van der Waals surface area contributed by atoms with Gasteiger partial charge in [0.25, 0.3) is 0 Å². The van der Waals surface area contributed by atoms with Crippen molar-refractivity contribution in [2.75, 3.05) is 46.0 Å². The number of morpholine rings is 1. The van der Waals surface area contributed by atoms with Gasteiger partial charge in [0.2, 0.25) is 10.0 Å². The zero-order chi connectivity index (χ0) is 16.7. The van der Waals surface area contributed by atoms with Gasteiger partial charge in [0.1, 0.15) is 13.1 Å². The van der Waals surface area contributed by atoms with Crippen molar-refractivity contribution < 1.29 is 27.2 Å². The van der Waals surface area contributed by atoms with Crippen LogP contribution in [0, 0.1) is 5.82 Å².